The SMILES string of the molecule is CCC(NCCCCN(C)C(C)C)c1cc(Br)ccc1O. The molecule has 0 fully saturated rings. The van der Waals surface area contributed by atoms with Gasteiger partial charge in [-0.2, -0.15) is 0 Å². The highest BCUT2D eigenvalue weighted by Gasteiger charge is 2.13. The van der Waals surface area contributed by atoms with Crippen LogP contribution < -0.4 is 5.32 Å². The van der Waals surface area contributed by atoms with Gasteiger partial charge in [-0.25, -0.2) is 0 Å². The van der Waals surface area contributed by atoms with Crippen molar-refractivity contribution in [2.75, 3.05) is 20.1 Å². The number of phenolic OH excluding ortho intramolecular Hbond substituents is 1. The molecule has 0 amide bonds. The second kappa shape index (κ2) is 9.44. The van der Waals surface area contributed by atoms with Gasteiger partial charge in [0.25, 0.3) is 0 Å². The van der Waals surface area contributed by atoms with Gasteiger partial charge in [0.2, 0.25) is 0 Å². The van der Waals surface area contributed by atoms with Gasteiger partial charge in [0.1, 0.15) is 5.75 Å². The molecule has 0 bridgehead atoms. The molecule has 4 heteroatoms. The molecule has 0 aromatic heterocycles. The highest BCUT2D eigenvalue weighted by atomic mass is 79.9. The fraction of sp³-hybridized carbons (Fsp3) is 0.647. The van der Waals surface area contributed by atoms with Gasteiger partial charge in [0, 0.05) is 22.1 Å². The van der Waals surface area contributed by atoms with E-state index in [1.54, 1.807) is 6.07 Å². The summed E-state index contributed by atoms with van der Waals surface area (Å²) in [6.45, 7) is 8.71. The molecule has 2 N–H and O–H groups in total. The van der Waals surface area contributed by atoms with Crippen LogP contribution in [0.3, 0.4) is 0 Å². The lowest BCUT2D eigenvalue weighted by molar-refractivity contribution is 0.267. The standard InChI is InChI=1S/C17H29BrN2O/c1-5-16(15-12-14(18)8-9-17(15)21)19-10-6-7-11-20(4)13(2)3/h8-9,12-13,16,19,21H,5-7,10-11H2,1-4H3. The Morgan fingerprint density at radius 3 is 2.62 bits per heavy atom. The molecule has 1 atom stereocenters. The number of benzene rings is 1. The molecule has 0 aliphatic carbocycles. The van der Waals surface area contributed by atoms with E-state index in [4.69, 9.17) is 0 Å². The molecule has 0 saturated carbocycles. The summed E-state index contributed by atoms with van der Waals surface area (Å²) in [5, 5.41) is 13.6. The zero-order valence-corrected chi connectivity index (χ0v) is 15.3. The van der Waals surface area contributed by atoms with Gasteiger partial charge in [0.15, 0.2) is 0 Å². The van der Waals surface area contributed by atoms with E-state index in [9.17, 15) is 5.11 Å². The summed E-state index contributed by atoms with van der Waals surface area (Å²) in [5.41, 5.74) is 0.978. The molecular weight excluding hydrogens is 328 g/mol. The summed E-state index contributed by atoms with van der Waals surface area (Å²) in [7, 11) is 2.17. The van der Waals surface area contributed by atoms with Crippen LogP contribution >= 0.6 is 15.9 Å². The van der Waals surface area contributed by atoms with Gasteiger partial charge in [-0.1, -0.05) is 22.9 Å². The summed E-state index contributed by atoms with van der Waals surface area (Å²) < 4.78 is 1.01. The van der Waals surface area contributed by atoms with Crippen LogP contribution in [0.15, 0.2) is 22.7 Å². The second-order valence-corrected chi connectivity index (χ2v) is 6.82. The van der Waals surface area contributed by atoms with E-state index in [0.29, 0.717) is 11.8 Å². The summed E-state index contributed by atoms with van der Waals surface area (Å²) in [4.78, 5) is 2.37. The first-order chi connectivity index (χ1) is 9.95. The van der Waals surface area contributed by atoms with E-state index in [1.807, 2.05) is 12.1 Å². The van der Waals surface area contributed by atoms with Crippen molar-refractivity contribution in [3.8, 4) is 5.75 Å². The Bertz CT molecular complexity index is 423. The van der Waals surface area contributed by atoms with Gasteiger partial charge >= 0.3 is 0 Å². The topological polar surface area (TPSA) is 35.5 Å². The fourth-order valence-electron chi connectivity index (χ4n) is 2.30. The second-order valence-electron chi connectivity index (χ2n) is 5.90. The molecule has 0 aliphatic heterocycles. The molecule has 1 aromatic carbocycles. The first-order valence-corrected chi connectivity index (χ1v) is 8.67. The molecule has 0 spiro atoms. The van der Waals surface area contributed by atoms with E-state index in [2.05, 4.69) is 54.0 Å². The Balaban J connectivity index is 2.40. The number of halogens is 1. The molecule has 0 saturated heterocycles. The van der Waals surface area contributed by atoms with Crippen molar-refractivity contribution in [2.45, 2.75) is 52.1 Å². The predicted octanol–water partition coefficient (Wildman–Crippen LogP) is 4.32. The third-order valence-corrected chi connectivity index (χ3v) is 4.48. The van der Waals surface area contributed by atoms with Gasteiger partial charge < -0.3 is 15.3 Å². The van der Waals surface area contributed by atoms with Crippen molar-refractivity contribution in [2.24, 2.45) is 0 Å². The molecule has 1 aromatic rings. The number of nitrogens with one attached hydrogen (secondary N) is 1. The third-order valence-electron chi connectivity index (χ3n) is 3.98. The Hall–Kier alpha value is -0.580. The molecular formula is C17H29BrN2O. The van der Waals surface area contributed by atoms with Crippen LogP contribution in [0.2, 0.25) is 0 Å². The number of hydrogen-bond acceptors (Lipinski definition) is 3. The van der Waals surface area contributed by atoms with Gasteiger partial charge in [-0.15, -0.1) is 0 Å². The lowest BCUT2D eigenvalue weighted by atomic mass is 10.0. The summed E-state index contributed by atoms with van der Waals surface area (Å²) in [5.74, 6) is 0.372. The summed E-state index contributed by atoms with van der Waals surface area (Å²) in [6, 6.07) is 6.45. The maximum absolute atomic E-state index is 10.0. The van der Waals surface area contributed by atoms with E-state index in [0.717, 1.165) is 36.0 Å². The molecule has 1 rings (SSSR count). The van der Waals surface area contributed by atoms with E-state index in [-0.39, 0.29) is 6.04 Å². The lowest BCUT2D eigenvalue weighted by Gasteiger charge is -2.22. The van der Waals surface area contributed by atoms with Gasteiger partial charge in [-0.05, 0) is 71.4 Å². The molecule has 0 heterocycles. The molecule has 120 valence electrons. The summed E-state index contributed by atoms with van der Waals surface area (Å²) in [6.07, 6.45) is 3.32. The smallest absolute Gasteiger partial charge is 0.120 e. The Kier molecular flexibility index (Phi) is 8.30. The Morgan fingerprint density at radius 2 is 2.00 bits per heavy atom. The van der Waals surface area contributed by atoms with Crippen LogP contribution in [-0.2, 0) is 0 Å². The minimum Gasteiger partial charge on any atom is -0.508 e. The molecule has 3 nitrogen and oxygen atoms in total. The zero-order valence-electron chi connectivity index (χ0n) is 13.7. The van der Waals surface area contributed by atoms with Crippen LogP contribution in [0.1, 0.15) is 51.6 Å². The number of rotatable bonds is 9. The van der Waals surface area contributed by atoms with Crippen molar-refractivity contribution < 1.29 is 5.11 Å². The number of hydrogen-bond donors (Lipinski definition) is 2. The number of phenols is 1. The van der Waals surface area contributed by atoms with E-state index in [1.165, 1.54) is 6.42 Å². The van der Waals surface area contributed by atoms with Gasteiger partial charge in [0.05, 0.1) is 0 Å². The minimum absolute atomic E-state index is 0.213. The minimum atomic E-state index is 0.213. The highest BCUT2D eigenvalue weighted by molar-refractivity contribution is 9.10. The number of unbranched alkanes of at least 4 members (excludes halogenated alkanes) is 1. The first kappa shape index (κ1) is 18.5. The maximum atomic E-state index is 10.0. The number of nitrogens with zero attached hydrogens (tertiary/aromatic N) is 1. The van der Waals surface area contributed by atoms with Crippen molar-refractivity contribution in [3.63, 3.8) is 0 Å². The van der Waals surface area contributed by atoms with Crippen LogP contribution in [0, 0.1) is 0 Å². The van der Waals surface area contributed by atoms with Crippen molar-refractivity contribution in [3.05, 3.63) is 28.2 Å². The monoisotopic (exact) mass is 356 g/mol. The van der Waals surface area contributed by atoms with Crippen LogP contribution in [0.5, 0.6) is 5.75 Å². The average molecular weight is 357 g/mol. The first-order valence-electron chi connectivity index (χ1n) is 7.87. The van der Waals surface area contributed by atoms with E-state index < -0.39 is 0 Å². The van der Waals surface area contributed by atoms with Crippen molar-refractivity contribution in [1.82, 2.24) is 10.2 Å². The van der Waals surface area contributed by atoms with Gasteiger partial charge in [-0.3, -0.25) is 0 Å². The third kappa shape index (κ3) is 6.37. The molecule has 1 unspecified atom stereocenters. The van der Waals surface area contributed by atoms with Crippen LogP contribution in [0.25, 0.3) is 0 Å². The van der Waals surface area contributed by atoms with E-state index >= 15 is 0 Å². The molecule has 21 heavy (non-hydrogen) atoms. The number of aromatic hydroxyl groups is 1. The van der Waals surface area contributed by atoms with Crippen molar-refractivity contribution >= 4 is 15.9 Å². The molecule has 0 radical (unpaired) electrons. The normalized spacial score (nSPS) is 13.1. The average Bonchev–Trinajstić information content (AvgIpc) is 2.45. The zero-order chi connectivity index (χ0) is 15.8. The summed E-state index contributed by atoms with van der Waals surface area (Å²) >= 11 is 3.47. The predicted molar refractivity (Wildman–Crippen MR) is 93.8 cm³/mol. The maximum Gasteiger partial charge on any atom is 0.120 e. The largest absolute Gasteiger partial charge is 0.508 e. The quantitative estimate of drug-likeness (QED) is 0.647. The Labute approximate surface area is 137 Å². The van der Waals surface area contributed by atoms with Crippen LogP contribution in [-0.4, -0.2) is 36.2 Å². The Morgan fingerprint density at radius 1 is 1.29 bits per heavy atom. The van der Waals surface area contributed by atoms with Crippen molar-refractivity contribution in [1.29, 1.82) is 0 Å². The molecule has 0 aliphatic rings. The fourth-order valence-corrected chi connectivity index (χ4v) is 2.68. The lowest BCUT2D eigenvalue weighted by Crippen LogP contribution is -2.28. The van der Waals surface area contributed by atoms with Crippen LogP contribution in [0.4, 0.5) is 0 Å². The highest BCUT2D eigenvalue weighted by Crippen LogP contribution is 2.29.